The minimum atomic E-state index is -0.134. The summed E-state index contributed by atoms with van der Waals surface area (Å²) in [4.78, 5) is 17.6. The van der Waals surface area contributed by atoms with E-state index in [2.05, 4.69) is 15.3 Å². The van der Waals surface area contributed by atoms with Gasteiger partial charge in [0.1, 0.15) is 0 Å². The maximum Gasteiger partial charge on any atom is 0.272 e. The van der Waals surface area contributed by atoms with Crippen LogP contribution in [0.4, 0.5) is 0 Å². The van der Waals surface area contributed by atoms with E-state index in [0.717, 1.165) is 40.3 Å². The summed E-state index contributed by atoms with van der Waals surface area (Å²) < 4.78 is 12.3. The maximum absolute atomic E-state index is 12.7. The van der Waals surface area contributed by atoms with Crippen LogP contribution in [0.3, 0.4) is 0 Å². The Morgan fingerprint density at radius 2 is 1.77 bits per heavy atom. The van der Waals surface area contributed by atoms with Gasteiger partial charge in [-0.1, -0.05) is 6.07 Å². The number of rotatable bonds is 6. The molecule has 2 N–H and O–H groups in total. The Balaban J connectivity index is 1.78. The van der Waals surface area contributed by atoms with Crippen LogP contribution in [0.1, 0.15) is 28.3 Å². The molecule has 0 atom stereocenters. The molecule has 0 aliphatic heterocycles. The van der Waals surface area contributed by atoms with Gasteiger partial charge in [-0.15, -0.1) is 0 Å². The monoisotopic (exact) mass is 407 g/mol. The van der Waals surface area contributed by atoms with Crippen LogP contribution >= 0.6 is 0 Å². The minimum absolute atomic E-state index is 0.134. The number of aromatic nitrogens is 5. The number of aryl methyl sites for hydroxylation is 4. The van der Waals surface area contributed by atoms with Crippen LogP contribution in [-0.4, -0.2) is 39.0 Å². The quantitative estimate of drug-likeness (QED) is 0.512. The van der Waals surface area contributed by atoms with Crippen LogP contribution < -0.4 is 15.0 Å². The van der Waals surface area contributed by atoms with E-state index in [9.17, 15) is 4.79 Å². The Labute approximate surface area is 173 Å². The molecule has 0 fully saturated rings. The van der Waals surface area contributed by atoms with Crippen LogP contribution in [0.25, 0.3) is 16.8 Å². The number of hydrogen-bond donors (Lipinski definition) is 2. The molecule has 0 saturated carbocycles. The number of nitrogens with zero attached hydrogens (tertiary/aromatic N) is 3. The zero-order valence-electron chi connectivity index (χ0n) is 17.8. The molecule has 4 aromatic rings. The summed E-state index contributed by atoms with van der Waals surface area (Å²) in [5.74, 6) is 1.27. The van der Waals surface area contributed by atoms with E-state index in [1.807, 2.05) is 39.0 Å². The van der Waals surface area contributed by atoms with Gasteiger partial charge in [0.25, 0.3) is 5.56 Å². The fourth-order valence-electron chi connectivity index (χ4n) is 3.86. The van der Waals surface area contributed by atoms with E-state index in [1.54, 1.807) is 20.3 Å². The van der Waals surface area contributed by atoms with Gasteiger partial charge < -0.3 is 9.47 Å². The standard InChI is InChI=1S/C22H25N5O3/c1-12-17(13(2)25-24-12)8-7-16-11-20(28)27-22(23-16)21(14(3)26-27)15-6-9-18(29-4)19(10-15)30-5/h6,9-11,26H,7-8H2,1-5H3,(H,24,25). The van der Waals surface area contributed by atoms with Gasteiger partial charge >= 0.3 is 0 Å². The van der Waals surface area contributed by atoms with Crippen molar-refractivity contribution in [2.24, 2.45) is 0 Å². The number of nitrogens with one attached hydrogen (secondary N) is 2. The lowest BCUT2D eigenvalue weighted by molar-refractivity contribution is 0.355. The summed E-state index contributed by atoms with van der Waals surface area (Å²) in [6, 6.07) is 7.27. The number of benzene rings is 1. The normalized spacial score (nSPS) is 11.2. The van der Waals surface area contributed by atoms with Gasteiger partial charge in [-0.05, 0) is 56.9 Å². The van der Waals surface area contributed by atoms with Crippen molar-refractivity contribution in [3.8, 4) is 22.6 Å². The molecule has 156 valence electrons. The van der Waals surface area contributed by atoms with Crippen LogP contribution in [0.15, 0.2) is 29.1 Å². The second kappa shape index (κ2) is 7.70. The second-order valence-electron chi connectivity index (χ2n) is 7.34. The summed E-state index contributed by atoms with van der Waals surface area (Å²) in [5.41, 5.74) is 7.03. The lowest BCUT2D eigenvalue weighted by Gasteiger charge is -2.09. The number of H-pyrrole nitrogens is 2. The van der Waals surface area contributed by atoms with Crippen molar-refractivity contribution in [3.05, 3.63) is 63.0 Å². The fraction of sp³-hybridized carbons (Fsp3) is 0.318. The van der Waals surface area contributed by atoms with Crippen molar-refractivity contribution in [1.82, 2.24) is 24.8 Å². The average Bonchev–Trinajstić information content (AvgIpc) is 3.24. The summed E-state index contributed by atoms with van der Waals surface area (Å²) >= 11 is 0. The third-order valence-electron chi connectivity index (χ3n) is 5.43. The minimum Gasteiger partial charge on any atom is -0.493 e. The molecule has 30 heavy (non-hydrogen) atoms. The van der Waals surface area contributed by atoms with Crippen molar-refractivity contribution < 1.29 is 9.47 Å². The zero-order chi connectivity index (χ0) is 21.4. The summed E-state index contributed by atoms with van der Waals surface area (Å²) in [7, 11) is 3.20. The van der Waals surface area contributed by atoms with Crippen molar-refractivity contribution in [2.45, 2.75) is 33.6 Å². The first-order valence-electron chi connectivity index (χ1n) is 9.77. The highest BCUT2D eigenvalue weighted by Crippen LogP contribution is 2.34. The van der Waals surface area contributed by atoms with Crippen LogP contribution in [0.2, 0.25) is 0 Å². The number of fused-ring (bicyclic) bond motifs is 1. The van der Waals surface area contributed by atoms with Gasteiger partial charge in [0.15, 0.2) is 17.1 Å². The first kappa shape index (κ1) is 19.8. The second-order valence-corrected chi connectivity index (χ2v) is 7.34. The molecule has 0 bridgehead atoms. The Morgan fingerprint density at radius 1 is 1.00 bits per heavy atom. The molecule has 3 aromatic heterocycles. The van der Waals surface area contributed by atoms with Crippen molar-refractivity contribution in [2.75, 3.05) is 14.2 Å². The number of hydrogen-bond acceptors (Lipinski definition) is 5. The first-order chi connectivity index (χ1) is 14.4. The van der Waals surface area contributed by atoms with Crippen molar-refractivity contribution in [1.29, 1.82) is 0 Å². The third-order valence-corrected chi connectivity index (χ3v) is 5.43. The molecule has 0 saturated heterocycles. The van der Waals surface area contributed by atoms with Gasteiger partial charge in [0.2, 0.25) is 0 Å². The van der Waals surface area contributed by atoms with E-state index in [0.29, 0.717) is 23.6 Å². The Morgan fingerprint density at radius 3 is 2.43 bits per heavy atom. The highest BCUT2D eigenvalue weighted by molar-refractivity contribution is 5.81. The van der Waals surface area contributed by atoms with E-state index >= 15 is 0 Å². The van der Waals surface area contributed by atoms with Gasteiger partial charge in [-0.25, -0.2) is 9.50 Å². The fourth-order valence-corrected chi connectivity index (χ4v) is 3.86. The molecule has 1 aromatic carbocycles. The van der Waals surface area contributed by atoms with Crippen molar-refractivity contribution >= 4 is 5.65 Å². The smallest absolute Gasteiger partial charge is 0.272 e. The van der Waals surface area contributed by atoms with Gasteiger partial charge in [-0.3, -0.25) is 15.0 Å². The van der Waals surface area contributed by atoms with E-state index in [-0.39, 0.29) is 5.56 Å². The molecule has 0 aliphatic rings. The average molecular weight is 407 g/mol. The summed E-state index contributed by atoms with van der Waals surface area (Å²) in [5, 5.41) is 10.4. The van der Waals surface area contributed by atoms with Crippen molar-refractivity contribution in [3.63, 3.8) is 0 Å². The molecule has 0 unspecified atom stereocenters. The van der Waals surface area contributed by atoms with Gasteiger partial charge in [0, 0.05) is 28.7 Å². The highest BCUT2D eigenvalue weighted by atomic mass is 16.5. The molecule has 8 heteroatoms. The Bertz CT molecular complexity index is 1260. The molecule has 0 radical (unpaired) electrons. The lowest BCUT2D eigenvalue weighted by Crippen LogP contribution is -2.16. The third kappa shape index (κ3) is 3.34. The van der Waals surface area contributed by atoms with Crippen LogP contribution in [-0.2, 0) is 12.8 Å². The molecule has 8 nitrogen and oxygen atoms in total. The predicted molar refractivity (Wildman–Crippen MR) is 115 cm³/mol. The molecular formula is C22H25N5O3. The van der Waals surface area contributed by atoms with E-state index in [1.165, 1.54) is 10.1 Å². The Kier molecular flexibility index (Phi) is 5.07. The molecule has 0 aliphatic carbocycles. The molecule has 3 heterocycles. The number of ether oxygens (including phenoxy) is 2. The molecular weight excluding hydrogens is 382 g/mol. The summed E-state index contributed by atoms with van der Waals surface area (Å²) in [6.07, 6.45) is 1.43. The summed E-state index contributed by atoms with van der Waals surface area (Å²) in [6.45, 7) is 5.92. The molecule has 0 spiro atoms. The maximum atomic E-state index is 12.7. The van der Waals surface area contributed by atoms with Crippen LogP contribution in [0.5, 0.6) is 11.5 Å². The van der Waals surface area contributed by atoms with E-state index < -0.39 is 0 Å². The SMILES string of the molecule is COc1ccc(-c2c(C)[nH]n3c(=O)cc(CCc4c(C)n[nH]c4C)nc23)cc1OC. The molecule has 0 amide bonds. The largest absolute Gasteiger partial charge is 0.493 e. The van der Waals surface area contributed by atoms with Gasteiger partial charge in [0.05, 0.1) is 19.9 Å². The predicted octanol–water partition coefficient (Wildman–Crippen LogP) is 3.14. The number of aromatic amines is 2. The first-order valence-corrected chi connectivity index (χ1v) is 9.77. The Hall–Kier alpha value is -3.55. The van der Waals surface area contributed by atoms with Gasteiger partial charge in [-0.2, -0.15) is 5.10 Å². The number of methoxy groups -OCH3 is 2. The zero-order valence-corrected chi connectivity index (χ0v) is 17.8. The van der Waals surface area contributed by atoms with E-state index in [4.69, 9.17) is 14.5 Å². The van der Waals surface area contributed by atoms with Crippen LogP contribution in [0, 0.1) is 20.8 Å². The highest BCUT2D eigenvalue weighted by Gasteiger charge is 2.17. The topological polar surface area (TPSA) is 97.3 Å². The lowest BCUT2D eigenvalue weighted by atomic mass is 10.0. The molecule has 4 rings (SSSR count).